The van der Waals surface area contributed by atoms with E-state index in [-0.39, 0.29) is 11.8 Å². The van der Waals surface area contributed by atoms with Gasteiger partial charge in [0.25, 0.3) is 5.91 Å². The Bertz CT molecular complexity index is 606. The van der Waals surface area contributed by atoms with Gasteiger partial charge in [0, 0.05) is 31.3 Å². The average molecular weight is 346 g/mol. The number of benzene rings is 1. The van der Waals surface area contributed by atoms with E-state index in [0.717, 1.165) is 42.0 Å². The van der Waals surface area contributed by atoms with Crippen molar-refractivity contribution in [3.63, 3.8) is 0 Å². The van der Waals surface area contributed by atoms with Gasteiger partial charge in [-0.3, -0.25) is 9.59 Å². The molecule has 1 aromatic rings. The molecule has 24 heavy (non-hydrogen) atoms. The summed E-state index contributed by atoms with van der Waals surface area (Å²) in [6.07, 6.45) is 4.79. The number of nitrogens with zero attached hydrogens (tertiary/aromatic N) is 1. The molecule has 0 radical (unpaired) electrons. The predicted molar refractivity (Wildman–Crippen MR) is 100 cm³/mol. The first-order valence-electron chi connectivity index (χ1n) is 8.29. The molecule has 0 saturated carbocycles. The smallest absolute Gasteiger partial charge is 0.253 e. The Labute approximate surface area is 148 Å². The molecule has 1 saturated heterocycles. The van der Waals surface area contributed by atoms with Gasteiger partial charge >= 0.3 is 0 Å². The van der Waals surface area contributed by atoms with Crippen LogP contribution in [0.1, 0.15) is 36.2 Å². The molecule has 1 aromatic carbocycles. The standard InChI is InChI=1S/C19H26N2O2S/c1-14(2)10-18(22)20-11-15-4-6-17(7-5-15)19(23)21-9-8-16(12-21)13-24-3/h4-7,10,16H,8-9,11-13H2,1-3H3,(H,20,22)/t16-/m1/s1. The molecule has 1 heterocycles. The van der Waals surface area contributed by atoms with Crippen LogP contribution in [-0.2, 0) is 11.3 Å². The van der Waals surface area contributed by atoms with E-state index in [4.69, 9.17) is 0 Å². The summed E-state index contributed by atoms with van der Waals surface area (Å²) in [5.41, 5.74) is 2.68. The van der Waals surface area contributed by atoms with Crippen molar-refractivity contribution < 1.29 is 9.59 Å². The molecule has 0 spiro atoms. The molecule has 1 fully saturated rings. The van der Waals surface area contributed by atoms with Crippen molar-refractivity contribution in [2.75, 3.05) is 25.1 Å². The third-order valence-corrected chi connectivity index (χ3v) is 4.87. The summed E-state index contributed by atoms with van der Waals surface area (Å²) >= 11 is 1.85. The largest absolute Gasteiger partial charge is 0.348 e. The third kappa shape index (κ3) is 5.41. The highest BCUT2D eigenvalue weighted by Gasteiger charge is 2.26. The molecular weight excluding hydrogens is 320 g/mol. The van der Waals surface area contributed by atoms with Crippen molar-refractivity contribution >= 4 is 23.6 Å². The first-order valence-corrected chi connectivity index (χ1v) is 9.69. The first kappa shape index (κ1) is 18.6. The van der Waals surface area contributed by atoms with Crippen molar-refractivity contribution in [2.45, 2.75) is 26.8 Å². The zero-order chi connectivity index (χ0) is 17.5. The van der Waals surface area contributed by atoms with Gasteiger partial charge in [0.05, 0.1) is 0 Å². The molecule has 1 N–H and O–H groups in total. The lowest BCUT2D eigenvalue weighted by molar-refractivity contribution is -0.116. The van der Waals surface area contributed by atoms with E-state index in [1.165, 1.54) is 0 Å². The van der Waals surface area contributed by atoms with Gasteiger partial charge in [-0.1, -0.05) is 17.7 Å². The fourth-order valence-electron chi connectivity index (χ4n) is 2.84. The van der Waals surface area contributed by atoms with Gasteiger partial charge in [-0.2, -0.15) is 11.8 Å². The molecule has 4 nitrogen and oxygen atoms in total. The maximum Gasteiger partial charge on any atom is 0.253 e. The number of amides is 2. The van der Waals surface area contributed by atoms with Crippen LogP contribution in [0.5, 0.6) is 0 Å². The van der Waals surface area contributed by atoms with Crippen LogP contribution in [0.3, 0.4) is 0 Å². The SMILES string of the molecule is CSC[C@@H]1CCN(C(=O)c2ccc(CNC(=O)C=C(C)C)cc2)C1. The summed E-state index contributed by atoms with van der Waals surface area (Å²) in [6.45, 7) is 5.96. The highest BCUT2D eigenvalue weighted by Crippen LogP contribution is 2.21. The number of hydrogen-bond donors (Lipinski definition) is 1. The van der Waals surface area contributed by atoms with Crippen molar-refractivity contribution in [3.8, 4) is 0 Å². The minimum absolute atomic E-state index is 0.0907. The Hall–Kier alpha value is -1.75. The van der Waals surface area contributed by atoms with Crippen molar-refractivity contribution in [1.29, 1.82) is 0 Å². The fourth-order valence-corrected chi connectivity index (χ4v) is 3.58. The predicted octanol–water partition coefficient (Wildman–Crippen LogP) is 3.09. The van der Waals surface area contributed by atoms with Crippen LogP contribution in [-0.4, -0.2) is 41.8 Å². The van der Waals surface area contributed by atoms with E-state index < -0.39 is 0 Å². The summed E-state index contributed by atoms with van der Waals surface area (Å²) in [6, 6.07) is 7.52. The molecule has 0 aromatic heterocycles. The molecule has 2 amide bonds. The lowest BCUT2D eigenvalue weighted by Crippen LogP contribution is -2.29. The lowest BCUT2D eigenvalue weighted by atomic mass is 10.1. The van der Waals surface area contributed by atoms with E-state index in [9.17, 15) is 9.59 Å². The highest BCUT2D eigenvalue weighted by molar-refractivity contribution is 7.98. The Morgan fingerprint density at radius 3 is 2.62 bits per heavy atom. The van der Waals surface area contributed by atoms with Crippen molar-refractivity contribution in [2.24, 2.45) is 5.92 Å². The Kier molecular flexibility index (Phi) is 6.91. The number of hydrogen-bond acceptors (Lipinski definition) is 3. The fraction of sp³-hybridized carbons (Fsp3) is 0.474. The minimum atomic E-state index is -0.0907. The average Bonchev–Trinajstić information content (AvgIpc) is 3.01. The number of thioether (sulfide) groups is 1. The van der Waals surface area contributed by atoms with E-state index in [1.807, 2.05) is 54.8 Å². The van der Waals surface area contributed by atoms with Crippen LogP contribution in [0.15, 0.2) is 35.9 Å². The lowest BCUT2D eigenvalue weighted by Gasteiger charge is -2.16. The molecule has 1 aliphatic rings. The Morgan fingerprint density at radius 2 is 2.00 bits per heavy atom. The number of allylic oxidation sites excluding steroid dienone is 1. The van der Waals surface area contributed by atoms with Crippen molar-refractivity contribution in [3.05, 3.63) is 47.0 Å². The second-order valence-electron chi connectivity index (χ2n) is 6.50. The monoisotopic (exact) mass is 346 g/mol. The van der Waals surface area contributed by atoms with Gasteiger partial charge in [-0.25, -0.2) is 0 Å². The van der Waals surface area contributed by atoms with Gasteiger partial charge in [0.15, 0.2) is 0 Å². The summed E-state index contributed by atoms with van der Waals surface area (Å²) in [7, 11) is 0. The second-order valence-corrected chi connectivity index (χ2v) is 7.41. The van der Waals surface area contributed by atoms with E-state index in [1.54, 1.807) is 6.08 Å². The number of rotatable bonds is 6. The highest BCUT2D eigenvalue weighted by atomic mass is 32.2. The molecule has 0 bridgehead atoms. The molecule has 1 aliphatic heterocycles. The van der Waals surface area contributed by atoms with Gasteiger partial charge in [-0.15, -0.1) is 0 Å². The van der Waals surface area contributed by atoms with Gasteiger partial charge < -0.3 is 10.2 Å². The van der Waals surface area contributed by atoms with Gasteiger partial charge in [-0.05, 0) is 55.9 Å². The van der Waals surface area contributed by atoms with Gasteiger partial charge in [0.2, 0.25) is 5.91 Å². The van der Waals surface area contributed by atoms with Crippen LogP contribution in [0.4, 0.5) is 0 Å². The van der Waals surface area contributed by atoms with E-state index in [2.05, 4.69) is 11.6 Å². The molecule has 2 rings (SSSR count). The topological polar surface area (TPSA) is 49.4 Å². The normalized spacial score (nSPS) is 16.8. The quantitative estimate of drug-likeness (QED) is 0.805. The summed E-state index contributed by atoms with van der Waals surface area (Å²) in [4.78, 5) is 26.1. The summed E-state index contributed by atoms with van der Waals surface area (Å²) < 4.78 is 0. The number of nitrogens with one attached hydrogen (secondary N) is 1. The first-order chi connectivity index (χ1) is 11.5. The van der Waals surface area contributed by atoms with Crippen LogP contribution in [0, 0.1) is 5.92 Å². The molecule has 1 atom stereocenters. The summed E-state index contributed by atoms with van der Waals surface area (Å²) in [5, 5.41) is 2.84. The molecule has 5 heteroatoms. The van der Waals surface area contributed by atoms with E-state index in [0.29, 0.717) is 12.5 Å². The molecule has 130 valence electrons. The molecule has 0 unspecified atom stereocenters. The third-order valence-electron chi connectivity index (χ3n) is 4.06. The second kappa shape index (κ2) is 8.92. The van der Waals surface area contributed by atoms with Crippen molar-refractivity contribution in [1.82, 2.24) is 10.2 Å². The molecule has 0 aliphatic carbocycles. The number of carbonyl (C=O) groups excluding carboxylic acids is 2. The van der Waals surface area contributed by atoms with Gasteiger partial charge in [0.1, 0.15) is 0 Å². The number of carbonyl (C=O) groups is 2. The van der Waals surface area contributed by atoms with Crippen LogP contribution < -0.4 is 5.32 Å². The van der Waals surface area contributed by atoms with Crippen LogP contribution in [0.25, 0.3) is 0 Å². The van der Waals surface area contributed by atoms with Crippen LogP contribution in [0.2, 0.25) is 0 Å². The summed E-state index contributed by atoms with van der Waals surface area (Å²) in [5.74, 6) is 1.76. The zero-order valence-electron chi connectivity index (χ0n) is 14.7. The maximum atomic E-state index is 12.5. The van der Waals surface area contributed by atoms with Crippen LogP contribution >= 0.6 is 11.8 Å². The Morgan fingerprint density at radius 1 is 1.29 bits per heavy atom. The minimum Gasteiger partial charge on any atom is -0.348 e. The molecular formula is C19H26N2O2S. The maximum absolute atomic E-state index is 12.5. The number of likely N-dealkylation sites (tertiary alicyclic amines) is 1. The zero-order valence-corrected chi connectivity index (χ0v) is 15.5. The van der Waals surface area contributed by atoms with E-state index >= 15 is 0 Å². The Balaban J connectivity index is 1.88.